The molecule has 7 rings (SSSR count). The second-order valence-electron chi connectivity index (χ2n) is 14.6. The van der Waals surface area contributed by atoms with E-state index in [4.69, 9.17) is 23.1 Å². The minimum absolute atomic E-state index is 0.00820. The summed E-state index contributed by atoms with van der Waals surface area (Å²) in [6.45, 7) is 14.6. The minimum atomic E-state index is -2.96. The van der Waals surface area contributed by atoms with Gasteiger partial charge in [-0.3, -0.25) is 4.79 Å². The van der Waals surface area contributed by atoms with Crippen LogP contribution in [-0.4, -0.2) is 65.3 Å². The molecular weight excluding hydrogens is 585 g/mol. The lowest BCUT2D eigenvalue weighted by Gasteiger charge is -2.43. The van der Waals surface area contributed by atoms with Crippen molar-refractivity contribution in [2.75, 3.05) is 13.2 Å². The van der Waals surface area contributed by atoms with Crippen LogP contribution in [0.4, 0.5) is 0 Å². The maximum absolute atomic E-state index is 12.5. The molecule has 3 aliphatic heterocycles. The van der Waals surface area contributed by atoms with Crippen LogP contribution in [0.1, 0.15) is 34.1 Å². The summed E-state index contributed by atoms with van der Waals surface area (Å²) in [5.41, 5.74) is -1.21. The highest BCUT2D eigenvalue weighted by Gasteiger charge is 2.88. The third-order valence-electron chi connectivity index (χ3n) is 11.3. The number of carbonyl (C=O) groups excluding carboxylic acids is 1. The quantitative estimate of drug-likeness (QED) is 0.158. The Bertz CT molecular complexity index is 1410. The molecule has 3 aromatic carbocycles. The van der Waals surface area contributed by atoms with Crippen molar-refractivity contribution in [2.24, 2.45) is 11.8 Å². The van der Waals surface area contributed by atoms with E-state index >= 15 is 0 Å². The summed E-state index contributed by atoms with van der Waals surface area (Å²) in [6.07, 6.45) is -0.641. The molecule has 0 amide bonds. The topological polar surface area (TPSA) is 66.5 Å². The third kappa shape index (κ3) is 4.36. The Morgan fingerprint density at radius 1 is 0.864 bits per heavy atom. The van der Waals surface area contributed by atoms with Gasteiger partial charge in [0.2, 0.25) is 0 Å². The van der Waals surface area contributed by atoms with Crippen LogP contribution in [-0.2, 0) is 27.9 Å². The zero-order valence-corrected chi connectivity index (χ0v) is 28.6. The fourth-order valence-electron chi connectivity index (χ4n) is 7.95. The predicted molar refractivity (Wildman–Crippen MR) is 175 cm³/mol. The molecule has 44 heavy (non-hydrogen) atoms. The molecule has 3 saturated heterocycles. The highest BCUT2D eigenvalue weighted by Crippen LogP contribution is 2.70. The molecule has 1 spiro atoms. The van der Waals surface area contributed by atoms with Crippen molar-refractivity contribution >= 4 is 38.2 Å². The van der Waals surface area contributed by atoms with Crippen molar-refractivity contribution in [3.05, 3.63) is 91.0 Å². The number of benzene rings is 3. The van der Waals surface area contributed by atoms with E-state index in [1.54, 1.807) is 0 Å². The molecule has 0 aromatic heterocycles. The van der Waals surface area contributed by atoms with Crippen molar-refractivity contribution in [1.82, 2.24) is 0 Å². The summed E-state index contributed by atoms with van der Waals surface area (Å²) >= 11 is 0. The largest absolute Gasteiger partial charge is 0.456 e. The smallest absolute Gasteiger partial charge is 0.309 e. The molecule has 3 heterocycles. The summed E-state index contributed by atoms with van der Waals surface area (Å²) in [4.78, 5) is 12.5. The Kier molecular flexibility index (Phi) is 7.16. The third-order valence-corrected chi connectivity index (χ3v) is 19.7. The molecule has 232 valence electrons. The van der Waals surface area contributed by atoms with Gasteiger partial charge in [-0.2, -0.15) is 0 Å². The van der Waals surface area contributed by atoms with E-state index in [9.17, 15) is 4.79 Å². The fourth-order valence-corrected chi connectivity index (χ4v) is 13.3. The maximum atomic E-state index is 12.5. The summed E-state index contributed by atoms with van der Waals surface area (Å²) < 4.78 is 34.0. The van der Waals surface area contributed by atoms with Gasteiger partial charge in [-0.1, -0.05) is 112 Å². The molecule has 8 heteroatoms. The molecule has 0 radical (unpaired) electrons. The van der Waals surface area contributed by atoms with Gasteiger partial charge in [0.25, 0.3) is 8.32 Å². The van der Waals surface area contributed by atoms with E-state index in [0.29, 0.717) is 13.2 Å². The molecule has 0 unspecified atom stereocenters. The van der Waals surface area contributed by atoms with Crippen LogP contribution in [0, 0.1) is 11.8 Å². The number of ether oxygens (including phenoxy) is 3. The molecule has 1 saturated carbocycles. The first-order valence-corrected chi connectivity index (χ1v) is 20.8. The van der Waals surface area contributed by atoms with Gasteiger partial charge in [-0.15, -0.1) is 0 Å². The molecule has 7 atom stereocenters. The number of fused-ring (bicyclic) bond motifs is 1. The molecule has 6 nitrogen and oxygen atoms in total. The number of esters is 1. The summed E-state index contributed by atoms with van der Waals surface area (Å²) in [5.74, 6) is -0.243. The van der Waals surface area contributed by atoms with Crippen LogP contribution in [0.15, 0.2) is 91.0 Å². The monoisotopic (exact) mass is 628 g/mol. The van der Waals surface area contributed by atoms with Gasteiger partial charge in [0, 0.05) is 18.4 Å². The van der Waals surface area contributed by atoms with E-state index in [1.165, 1.54) is 15.6 Å². The Morgan fingerprint density at radius 2 is 1.39 bits per heavy atom. The number of hydrogen-bond acceptors (Lipinski definition) is 6. The Hall–Kier alpha value is -2.60. The molecule has 3 aromatic rings. The number of rotatable bonds is 8. The lowest BCUT2D eigenvalue weighted by molar-refractivity contribution is -0.160. The van der Waals surface area contributed by atoms with Gasteiger partial charge in [-0.05, 0) is 40.6 Å². The van der Waals surface area contributed by atoms with Crippen molar-refractivity contribution in [3.63, 3.8) is 0 Å². The number of carbonyl (C=O) groups is 1. The van der Waals surface area contributed by atoms with Crippen LogP contribution >= 0.6 is 0 Å². The van der Waals surface area contributed by atoms with E-state index in [0.717, 1.165) is 0 Å². The molecular formula is C36H44O6Si2. The molecule has 0 N–H and O–H groups in total. The summed E-state index contributed by atoms with van der Waals surface area (Å²) in [5, 5.41) is 3.61. The van der Waals surface area contributed by atoms with Crippen LogP contribution in [0.3, 0.4) is 0 Å². The van der Waals surface area contributed by atoms with Crippen LogP contribution < -0.4 is 15.6 Å². The highest BCUT2D eigenvalue weighted by molar-refractivity contribution is 7.07. The summed E-state index contributed by atoms with van der Waals surface area (Å²) in [6, 6.07) is 32.1. The molecule has 0 bridgehead atoms. The molecule has 4 fully saturated rings. The van der Waals surface area contributed by atoms with Gasteiger partial charge >= 0.3 is 5.97 Å². The normalized spacial score (nSPS) is 32.9. The fraction of sp³-hybridized carbons (Fsp3) is 0.472. The zero-order valence-electron chi connectivity index (χ0n) is 26.6. The van der Waals surface area contributed by atoms with E-state index < -0.39 is 33.9 Å². The minimum Gasteiger partial charge on any atom is -0.456 e. The van der Waals surface area contributed by atoms with Gasteiger partial charge in [0.05, 0.1) is 19.1 Å². The second-order valence-corrected chi connectivity index (χ2v) is 22.8. The van der Waals surface area contributed by atoms with E-state index in [2.05, 4.69) is 132 Å². The lowest BCUT2D eigenvalue weighted by atomic mass is 9.79. The average Bonchev–Trinajstić information content (AvgIpc) is 3.33. The predicted octanol–water partition coefficient (Wildman–Crippen LogP) is 4.55. The number of hydrogen-bond donors (Lipinski definition) is 0. The van der Waals surface area contributed by atoms with Gasteiger partial charge in [0.1, 0.15) is 17.3 Å². The first-order chi connectivity index (χ1) is 20.9. The molecule has 4 aliphatic rings. The van der Waals surface area contributed by atoms with Gasteiger partial charge in [0.15, 0.2) is 14.4 Å². The maximum Gasteiger partial charge on any atom is 0.309 e. The van der Waals surface area contributed by atoms with Crippen molar-refractivity contribution in [1.29, 1.82) is 0 Å². The van der Waals surface area contributed by atoms with Crippen LogP contribution in [0.25, 0.3) is 0 Å². The van der Waals surface area contributed by atoms with Crippen LogP contribution in [0.2, 0.25) is 18.1 Å². The van der Waals surface area contributed by atoms with E-state index in [1.807, 2.05) is 0 Å². The van der Waals surface area contributed by atoms with Gasteiger partial charge in [-0.25, -0.2) is 0 Å². The average molecular weight is 629 g/mol. The van der Waals surface area contributed by atoms with E-state index in [-0.39, 0.29) is 41.5 Å². The zero-order chi connectivity index (χ0) is 31.0. The van der Waals surface area contributed by atoms with Crippen molar-refractivity contribution < 1.29 is 27.9 Å². The number of epoxide rings is 1. The standard InChI is InChI=1S/C36H44O6Si2/c1-34(2,3)43(5,6)41-32-28(29-24-38-30-22-31(37)40-33(30)36(29)35(32,4)42-36)23-39-44(25-16-10-7-11-17-25,26-18-12-8-13-19-26)27-20-14-9-15-21-27/h7-21,28-30,32-33H,22-24H2,1-6H3/t28-,29+,30+,32-,33-,35+,36+/m0/s1. The second kappa shape index (κ2) is 10.5. The highest BCUT2D eigenvalue weighted by atomic mass is 28.4. The lowest BCUT2D eigenvalue weighted by Crippen LogP contribution is -2.70. The van der Waals surface area contributed by atoms with Crippen molar-refractivity contribution in [2.45, 2.75) is 81.8 Å². The SMILES string of the molecule is CC(C)(C)[Si](C)(C)O[C@H]1[C@@H](CO[Si](c2ccccc2)(c2ccccc2)c2ccccc2)[C@H]2CO[C@@H]3CC(=O)O[C@@H]3[C@]23O[C@]13C. The molecule has 1 aliphatic carbocycles. The first kappa shape index (κ1) is 30.1. The van der Waals surface area contributed by atoms with Gasteiger partial charge < -0.3 is 23.1 Å². The Morgan fingerprint density at radius 3 is 1.89 bits per heavy atom. The Balaban J connectivity index is 1.33. The summed E-state index contributed by atoms with van der Waals surface area (Å²) in [7, 11) is -5.18. The van der Waals surface area contributed by atoms with Crippen molar-refractivity contribution in [3.8, 4) is 0 Å². The van der Waals surface area contributed by atoms with Crippen LogP contribution in [0.5, 0.6) is 0 Å². The Labute approximate surface area is 263 Å². The first-order valence-electron chi connectivity index (χ1n) is 15.9.